The summed E-state index contributed by atoms with van der Waals surface area (Å²) in [4.78, 5) is 45.2. The Balaban J connectivity index is 1.83. The van der Waals surface area contributed by atoms with Crippen molar-refractivity contribution in [3.8, 4) is 0 Å². The van der Waals surface area contributed by atoms with Crippen molar-refractivity contribution in [1.29, 1.82) is 0 Å². The van der Waals surface area contributed by atoms with Gasteiger partial charge >= 0.3 is 5.97 Å². The Morgan fingerprint density at radius 2 is 1.73 bits per heavy atom. The molecule has 2 rings (SSSR count). The number of carbonyl (C=O) groups is 3. The third-order valence-electron chi connectivity index (χ3n) is 3.03. The normalized spacial score (nSPS) is 9.88. The van der Waals surface area contributed by atoms with Crippen molar-refractivity contribution in [1.82, 2.24) is 10.9 Å². The molecule has 2 aromatic carbocycles. The van der Waals surface area contributed by atoms with E-state index < -0.39 is 29.3 Å². The van der Waals surface area contributed by atoms with E-state index in [0.717, 1.165) is 6.07 Å². The summed E-state index contributed by atoms with van der Waals surface area (Å²) in [6.07, 6.45) is 0. The van der Waals surface area contributed by atoms with Gasteiger partial charge in [-0.1, -0.05) is 23.7 Å². The summed E-state index contributed by atoms with van der Waals surface area (Å²) in [5.74, 6) is -2.31. The molecule has 0 fully saturated rings. The molecular weight excluding hydrogens is 366 g/mol. The Kier molecular flexibility index (Phi) is 6.23. The van der Waals surface area contributed by atoms with Crippen LogP contribution in [0.3, 0.4) is 0 Å². The number of hydrogen-bond acceptors (Lipinski definition) is 6. The molecule has 0 saturated carbocycles. The molecule has 10 heteroatoms. The molecule has 0 aliphatic carbocycles. The van der Waals surface area contributed by atoms with Gasteiger partial charge in [0, 0.05) is 22.7 Å². The lowest BCUT2D eigenvalue weighted by atomic mass is 10.2. The lowest BCUT2D eigenvalue weighted by Crippen LogP contribution is -2.43. The average molecular weight is 378 g/mol. The molecule has 2 amide bonds. The molecule has 9 nitrogen and oxygen atoms in total. The summed E-state index contributed by atoms with van der Waals surface area (Å²) in [5.41, 5.74) is 3.99. The number of nitrogens with one attached hydrogen (secondary N) is 2. The van der Waals surface area contributed by atoms with Gasteiger partial charge in [0.2, 0.25) is 0 Å². The summed E-state index contributed by atoms with van der Waals surface area (Å²) in [6, 6.07) is 10.9. The summed E-state index contributed by atoms with van der Waals surface area (Å²) >= 11 is 5.75. The fourth-order valence-electron chi connectivity index (χ4n) is 1.83. The van der Waals surface area contributed by atoms with Gasteiger partial charge in [-0.05, 0) is 24.3 Å². The van der Waals surface area contributed by atoms with Crippen LogP contribution in [0, 0.1) is 10.1 Å². The van der Waals surface area contributed by atoms with Crippen LogP contribution >= 0.6 is 11.6 Å². The first-order valence-electron chi connectivity index (χ1n) is 7.13. The van der Waals surface area contributed by atoms with Crippen molar-refractivity contribution in [2.24, 2.45) is 0 Å². The van der Waals surface area contributed by atoms with Gasteiger partial charge in [-0.3, -0.25) is 30.6 Å². The number of rotatable bonds is 5. The monoisotopic (exact) mass is 377 g/mol. The van der Waals surface area contributed by atoms with Crippen molar-refractivity contribution in [3.63, 3.8) is 0 Å². The molecule has 0 aliphatic rings. The van der Waals surface area contributed by atoms with Crippen molar-refractivity contribution in [2.45, 2.75) is 0 Å². The minimum atomic E-state index is -0.792. The number of amides is 2. The molecule has 0 aromatic heterocycles. The highest BCUT2D eigenvalue weighted by Crippen LogP contribution is 2.13. The first-order valence-corrected chi connectivity index (χ1v) is 7.51. The summed E-state index contributed by atoms with van der Waals surface area (Å²) in [6.45, 7) is -0.638. The van der Waals surface area contributed by atoms with Crippen LogP contribution in [0.5, 0.6) is 0 Å². The minimum Gasteiger partial charge on any atom is -0.452 e. The minimum absolute atomic E-state index is 0.0181. The predicted octanol–water partition coefficient (Wildman–Crippen LogP) is 1.87. The maximum Gasteiger partial charge on any atom is 0.338 e. The molecule has 2 N–H and O–H groups in total. The summed E-state index contributed by atoms with van der Waals surface area (Å²) < 4.78 is 4.78. The number of nitro groups is 1. The van der Waals surface area contributed by atoms with Gasteiger partial charge < -0.3 is 4.74 Å². The van der Waals surface area contributed by atoms with E-state index in [0.29, 0.717) is 5.02 Å². The van der Waals surface area contributed by atoms with Crippen LogP contribution in [-0.2, 0) is 9.53 Å². The van der Waals surface area contributed by atoms with Gasteiger partial charge in [-0.15, -0.1) is 0 Å². The van der Waals surface area contributed by atoms with Crippen LogP contribution in [0.25, 0.3) is 0 Å². The van der Waals surface area contributed by atoms with Gasteiger partial charge in [-0.25, -0.2) is 4.79 Å². The van der Waals surface area contributed by atoms with E-state index in [9.17, 15) is 24.5 Å². The predicted molar refractivity (Wildman–Crippen MR) is 90.4 cm³/mol. The van der Waals surface area contributed by atoms with Gasteiger partial charge in [0.1, 0.15) is 0 Å². The van der Waals surface area contributed by atoms with Gasteiger partial charge in [0.05, 0.1) is 10.5 Å². The Hall–Kier alpha value is -3.46. The van der Waals surface area contributed by atoms with Gasteiger partial charge in [0.25, 0.3) is 17.5 Å². The highest BCUT2D eigenvalue weighted by molar-refractivity contribution is 6.30. The number of halogens is 1. The molecule has 0 heterocycles. The standard InChI is InChI=1S/C16H12ClN3O6/c17-12-5-1-4-11(7-12)16(23)26-9-14(21)18-19-15(22)10-3-2-6-13(8-10)20(24)25/h1-8H,9H2,(H,18,21)(H,19,22). The smallest absolute Gasteiger partial charge is 0.338 e. The second kappa shape index (κ2) is 8.58. The SMILES string of the molecule is O=C(COC(=O)c1cccc(Cl)c1)NNC(=O)c1cccc([N+](=O)[O-])c1. The lowest BCUT2D eigenvalue weighted by molar-refractivity contribution is -0.384. The van der Waals surface area contributed by atoms with E-state index in [4.69, 9.17) is 16.3 Å². The van der Waals surface area contributed by atoms with Crippen LogP contribution in [0.1, 0.15) is 20.7 Å². The van der Waals surface area contributed by atoms with E-state index in [1.54, 1.807) is 12.1 Å². The third kappa shape index (κ3) is 5.28. The Bertz CT molecular complexity index is 871. The summed E-state index contributed by atoms with van der Waals surface area (Å²) in [5, 5.41) is 11.0. The van der Waals surface area contributed by atoms with Crippen molar-refractivity contribution >= 4 is 35.1 Å². The molecule has 134 valence electrons. The highest BCUT2D eigenvalue weighted by Gasteiger charge is 2.14. The largest absolute Gasteiger partial charge is 0.452 e. The molecule has 0 unspecified atom stereocenters. The van der Waals surface area contributed by atoms with Crippen LogP contribution in [0.2, 0.25) is 5.02 Å². The first-order chi connectivity index (χ1) is 12.4. The van der Waals surface area contributed by atoms with Crippen LogP contribution < -0.4 is 10.9 Å². The van der Waals surface area contributed by atoms with E-state index in [1.807, 2.05) is 5.43 Å². The molecule has 0 atom stereocenters. The van der Waals surface area contributed by atoms with E-state index in [-0.39, 0.29) is 16.8 Å². The maximum absolute atomic E-state index is 11.9. The van der Waals surface area contributed by atoms with Crippen LogP contribution in [-0.4, -0.2) is 29.3 Å². The molecule has 0 radical (unpaired) electrons. The number of nitrogens with zero attached hydrogens (tertiary/aromatic N) is 1. The topological polar surface area (TPSA) is 128 Å². The van der Waals surface area contributed by atoms with Gasteiger partial charge in [0.15, 0.2) is 6.61 Å². The number of hydrazine groups is 1. The van der Waals surface area contributed by atoms with E-state index >= 15 is 0 Å². The third-order valence-corrected chi connectivity index (χ3v) is 3.26. The number of benzene rings is 2. The number of carbonyl (C=O) groups excluding carboxylic acids is 3. The number of non-ortho nitro benzene ring substituents is 1. The Labute approximate surface area is 152 Å². The number of ether oxygens (including phenoxy) is 1. The zero-order valence-corrected chi connectivity index (χ0v) is 13.9. The average Bonchev–Trinajstić information content (AvgIpc) is 2.64. The van der Waals surface area contributed by atoms with E-state index in [2.05, 4.69) is 5.43 Å². The Morgan fingerprint density at radius 1 is 1.04 bits per heavy atom. The van der Waals surface area contributed by atoms with Crippen LogP contribution in [0.15, 0.2) is 48.5 Å². The van der Waals surface area contributed by atoms with Crippen LogP contribution in [0.4, 0.5) is 5.69 Å². The molecule has 0 bridgehead atoms. The second-order valence-corrected chi connectivity index (χ2v) is 5.33. The highest BCUT2D eigenvalue weighted by atomic mass is 35.5. The molecule has 0 saturated heterocycles. The fraction of sp³-hybridized carbons (Fsp3) is 0.0625. The van der Waals surface area contributed by atoms with Gasteiger partial charge in [-0.2, -0.15) is 0 Å². The number of nitro benzene ring substituents is 1. The zero-order valence-electron chi connectivity index (χ0n) is 13.1. The van der Waals surface area contributed by atoms with Crippen molar-refractivity contribution < 1.29 is 24.0 Å². The second-order valence-electron chi connectivity index (χ2n) is 4.90. The molecular formula is C16H12ClN3O6. The zero-order chi connectivity index (χ0) is 19.1. The Morgan fingerprint density at radius 3 is 2.42 bits per heavy atom. The summed E-state index contributed by atoms with van der Waals surface area (Å²) in [7, 11) is 0. The van der Waals surface area contributed by atoms with Crippen molar-refractivity contribution in [2.75, 3.05) is 6.61 Å². The molecule has 2 aromatic rings. The number of esters is 1. The molecule has 0 aliphatic heterocycles. The molecule has 26 heavy (non-hydrogen) atoms. The quantitative estimate of drug-likeness (QED) is 0.465. The lowest BCUT2D eigenvalue weighted by Gasteiger charge is -2.08. The van der Waals surface area contributed by atoms with Crippen molar-refractivity contribution in [3.05, 3.63) is 74.8 Å². The number of hydrogen-bond donors (Lipinski definition) is 2. The molecule has 0 spiro atoms. The maximum atomic E-state index is 11.9. The first kappa shape index (κ1) is 18.9. The fourth-order valence-corrected chi connectivity index (χ4v) is 2.02. The van der Waals surface area contributed by atoms with E-state index in [1.165, 1.54) is 30.3 Å².